The predicted octanol–water partition coefficient (Wildman–Crippen LogP) is 4.52. The lowest BCUT2D eigenvalue weighted by atomic mass is 10.2. The van der Waals surface area contributed by atoms with Gasteiger partial charge in [0.2, 0.25) is 0 Å². The van der Waals surface area contributed by atoms with Crippen molar-refractivity contribution in [2.24, 2.45) is 5.11 Å². The van der Waals surface area contributed by atoms with Crippen LogP contribution in [0.1, 0.15) is 27.2 Å². The summed E-state index contributed by atoms with van der Waals surface area (Å²) in [5.41, 5.74) is 9.12. The van der Waals surface area contributed by atoms with Crippen LogP contribution in [0.15, 0.2) is 41.6 Å². The molecule has 1 atom stereocenters. The molecule has 0 saturated heterocycles. The number of ether oxygens (including phenoxy) is 2. The second kappa shape index (κ2) is 13.0. The van der Waals surface area contributed by atoms with Crippen molar-refractivity contribution in [2.75, 3.05) is 37.5 Å². The molecule has 0 aliphatic heterocycles. The van der Waals surface area contributed by atoms with Crippen molar-refractivity contribution < 1.29 is 32.0 Å². The minimum Gasteiger partial charge on any atom is -0.491 e. The van der Waals surface area contributed by atoms with E-state index < -0.39 is 34.5 Å². The largest absolute Gasteiger partial charge is 0.491 e. The van der Waals surface area contributed by atoms with E-state index in [2.05, 4.69) is 20.0 Å². The number of hydrogen-bond donors (Lipinski definition) is 1. The van der Waals surface area contributed by atoms with E-state index in [1.165, 1.54) is 16.2 Å². The number of aliphatic hydroxyl groups is 1. The smallest absolute Gasteiger partial charge is 0.415 e. The van der Waals surface area contributed by atoms with Crippen molar-refractivity contribution in [3.8, 4) is 16.3 Å². The van der Waals surface area contributed by atoms with E-state index in [1.54, 1.807) is 58.3 Å². The Hall–Kier alpha value is -3.49. The number of aromatic nitrogens is 2. The van der Waals surface area contributed by atoms with Crippen LogP contribution < -0.4 is 9.64 Å². The number of aliphatic hydroxyl groups excluding tert-OH is 1. The van der Waals surface area contributed by atoms with Crippen LogP contribution in [0.2, 0.25) is 0 Å². The molecule has 0 radical (unpaired) electrons. The Bertz CT molecular complexity index is 1430. The lowest BCUT2D eigenvalue weighted by Crippen LogP contribution is -2.34. The van der Waals surface area contributed by atoms with Gasteiger partial charge in [0.1, 0.15) is 34.9 Å². The quantitative estimate of drug-likeness (QED) is 0.106. The molecule has 0 fully saturated rings. The zero-order valence-corrected chi connectivity index (χ0v) is 23.6. The van der Waals surface area contributed by atoms with Crippen molar-refractivity contribution >= 4 is 43.6 Å². The molecule has 39 heavy (non-hydrogen) atoms. The van der Waals surface area contributed by atoms with Gasteiger partial charge in [-0.1, -0.05) is 5.11 Å². The molecule has 0 spiro atoms. The molecular formula is C24H30N6O7S2. The molecule has 0 aliphatic carbocycles. The van der Waals surface area contributed by atoms with E-state index in [0.29, 0.717) is 11.6 Å². The molecule has 13 nitrogen and oxygen atoms in total. The van der Waals surface area contributed by atoms with Gasteiger partial charge >= 0.3 is 6.09 Å². The van der Waals surface area contributed by atoms with Gasteiger partial charge in [-0.05, 0) is 63.1 Å². The van der Waals surface area contributed by atoms with Gasteiger partial charge in [-0.25, -0.2) is 14.8 Å². The Morgan fingerprint density at radius 2 is 2.03 bits per heavy atom. The van der Waals surface area contributed by atoms with Crippen LogP contribution in [0, 0.1) is 0 Å². The first-order valence-electron chi connectivity index (χ1n) is 11.9. The third-order valence-corrected chi connectivity index (χ3v) is 7.31. The Kier molecular flexibility index (Phi) is 10.1. The summed E-state index contributed by atoms with van der Waals surface area (Å²) in [6.45, 7) is 4.79. The van der Waals surface area contributed by atoms with Gasteiger partial charge in [0.05, 0.1) is 22.6 Å². The number of benzene rings is 1. The number of anilines is 1. The van der Waals surface area contributed by atoms with Crippen molar-refractivity contribution in [1.82, 2.24) is 9.97 Å². The van der Waals surface area contributed by atoms with Crippen molar-refractivity contribution in [1.29, 1.82) is 0 Å². The molecule has 0 saturated carbocycles. The summed E-state index contributed by atoms with van der Waals surface area (Å²) in [6, 6.07) is 8.78. The van der Waals surface area contributed by atoms with E-state index in [-0.39, 0.29) is 25.3 Å². The standard InChI is InChI=1S/C24H30N6O7S2/c1-24(2,3)37-23(32)30(4)21-9-6-16(13-26-21)22-28-19-8-7-18(12-20(19)38-22)35-14-17(31)15-36-39(33,34)11-5-10-27-29-25/h6-9,12-13,17,31H,5,10-11,14-15H2,1-4H3. The van der Waals surface area contributed by atoms with Crippen molar-refractivity contribution in [2.45, 2.75) is 38.9 Å². The Morgan fingerprint density at radius 3 is 2.69 bits per heavy atom. The SMILES string of the molecule is CN(C(=O)OC(C)(C)C)c1ccc(-c2nc3ccc(OCC(O)COS(=O)(=O)CCCN=[N+]=[N-])cc3s2)cn1. The number of carbonyl (C=O) groups is 1. The van der Waals surface area contributed by atoms with E-state index in [9.17, 15) is 18.3 Å². The van der Waals surface area contributed by atoms with E-state index >= 15 is 0 Å². The fourth-order valence-electron chi connectivity index (χ4n) is 3.09. The number of rotatable bonds is 12. The highest BCUT2D eigenvalue weighted by Crippen LogP contribution is 2.32. The van der Waals surface area contributed by atoms with Gasteiger partial charge in [0, 0.05) is 30.3 Å². The summed E-state index contributed by atoms with van der Waals surface area (Å²) in [4.78, 5) is 25.2. The Labute approximate surface area is 230 Å². The van der Waals surface area contributed by atoms with E-state index in [1.807, 2.05) is 6.07 Å². The first-order chi connectivity index (χ1) is 18.4. The van der Waals surface area contributed by atoms with Crippen LogP contribution >= 0.6 is 11.3 Å². The highest BCUT2D eigenvalue weighted by Gasteiger charge is 2.21. The molecule has 210 valence electrons. The molecule has 1 aromatic carbocycles. The number of carbonyl (C=O) groups excluding carboxylic acids is 1. The predicted molar refractivity (Wildman–Crippen MR) is 147 cm³/mol. The molecule has 3 rings (SSSR count). The van der Waals surface area contributed by atoms with Gasteiger partial charge in [-0.15, -0.1) is 11.3 Å². The van der Waals surface area contributed by atoms with E-state index in [0.717, 1.165) is 20.8 Å². The molecule has 2 aromatic heterocycles. The summed E-state index contributed by atoms with van der Waals surface area (Å²) in [6.07, 6.45) is 0.0786. The minimum absolute atomic E-state index is 0.0415. The molecular weight excluding hydrogens is 548 g/mol. The van der Waals surface area contributed by atoms with Crippen LogP contribution in [-0.4, -0.2) is 73.8 Å². The zero-order valence-electron chi connectivity index (χ0n) is 22.0. The number of thiazole rings is 1. The lowest BCUT2D eigenvalue weighted by molar-refractivity contribution is 0.0588. The number of azide groups is 1. The maximum Gasteiger partial charge on any atom is 0.415 e. The lowest BCUT2D eigenvalue weighted by Gasteiger charge is -2.24. The second-order valence-electron chi connectivity index (χ2n) is 9.41. The number of hydrogen-bond acceptors (Lipinski definition) is 11. The topological polar surface area (TPSA) is 177 Å². The van der Waals surface area contributed by atoms with Crippen molar-refractivity contribution in [3.63, 3.8) is 0 Å². The molecule has 3 aromatic rings. The van der Waals surface area contributed by atoms with Gasteiger partial charge in [-0.2, -0.15) is 8.42 Å². The molecule has 1 unspecified atom stereocenters. The fourth-order valence-corrected chi connectivity index (χ4v) is 5.04. The highest BCUT2D eigenvalue weighted by atomic mass is 32.2. The maximum atomic E-state index is 12.3. The third kappa shape index (κ3) is 9.33. The van der Waals surface area contributed by atoms with Crippen LogP contribution in [0.5, 0.6) is 5.75 Å². The number of amides is 1. The first kappa shape index (κ1) is 30.1. The second-order valence-corrected chi connectivity index (χ2v) is 12.2. The van der Waals surface area contributed by atoms with Gasteiger partial charge in [0.25, 0.3) is 10.1 Å². The summed E-state index contributed by atoms with van der Waals surface area (Å²) in [7, 11) is -2.26. The van der Waals surface area contributed by atoms with Crippen LogP contribution in [-0.2, 0) is 19.0 Å². The monoisotopic (exact) mass is 578 g/mol. The average Bonchev–Trinajstić information content (AvgIpc) is 3.31. The fraction of sp³-hybridized carbons (Fsp3) is 0.458. The Morgan fingerprint density at radius 1 is 1.26 bits per heavy atom. The molecule has 1 N–H and O–H groups in total. The Balaban J connectivity index is 1.57. The zero-order chi connectivity index (χ0) is 28.6. The summed E-state index contributed by atoms with van der Waals surface area (Å²) in [5.74, 6) is 0.595. The first-order valence-corrected chi connectivity index (χ1v) is 14.3. The summed E-state index contributed by atoms with van der Waals surface area (Å²) < 4.78 is 40.3. The number of nitrogens with zero attached hydrogens (tertiary/aromatic N) is 6. The summed E-state index contributed by atoms with van der Waals surface area (Å²) >= 11 is 1.42. The van der Waals surface area contributed by atoms with Crippen LogP contribution in [0.4, 0.5) is 10.6 Å². The number of fused-ring (bicyclic) bond motifs is 1. The van der Waals surface area contributed by atoms with Crippen LogP contribution in [0.3, 0.4) is 0 Å². The molecule has 15 heteroatoms. The molecule has 0 bridgehead atoms. The average molecular weight is 579 g/mol. The normalized spacial score (nSPS) is 12.5. The summed E-state index contributed by atoms with van der Waals surface area (Å²) in [5, 5.41) is 14.1. The van der Waals surface area contributed by atoms with Crippen LogP contribution in [0.25, 0.3) is 31.2 Å². The molecule has 1 amide bonds. The third-order valence-electron chi connectivity index (χ3n) is 4.96. The maximum absolute atomic E-state index is 12.3. The highest BCUT2D eigenvalue weighted by molar-refractivity contribution is 7.86. The van der Waals surface area contributed by atoms with E-state index in [4.69, 9.17) is 19.2 Å². The number of pyridine rings is 1. The van der Waals surface area contributed by atoms with Gasteiger partial charge < -0.3 is 14.6 Å². The molecule has 0 aliphatic rings. The van der Waals surface area contributed by atoms with Gasteiger partial charge in [-0.3, -0.25) is 9.08 Å². The minimum atomic E-state index is -3.85. The molecule has 2 heterocycles. The van der Waals surface area contributed by atoms with Crippen molar-refractivity contribution in [3.05, 3.63) is 47.0 Å². The van der Waals surface area contributed by atoms with Gasteiger partial charge in [0.15, 0.2) is 0 Å².